The number of imide groups is 1. The van der Waals surface area contributed by atoms with Crippen LogP contribution in [0.3, 0.4) is 0 Å². The predicted octanol–water partition coefficient (Wildman–Crippen LogP) is 2.09. The van der Waals surface area contributed by atoms with Crippen molar-refractivity contribution in [1.29, 1.82) is 0 Å². The predicted molar refractivity (Wildman–Crippen MR) is 94.2 cm³/mol. The average molecular weight is 344 g/mol. The van der Waals surface area contributed by atoms with Gasteiger partial charge in [-0.15, -0.1) is 0 Å². The lowest BCUT2D eigenvalue weighted by Gasteiger charge is -2.23. The van der Waals surface area contributed by atoms with Crippen LogP contribution in [0.2, 0.25) is 0 Å². The second-order valence-corrected chi connectivity index (χ2v) is 6.89. The molecule has 0 unspecified atom stereocenters. The maximum absolute atomic E-state index is 12.4. The summed E-state index contributed by atoms with van der Waals surface area (Å²) in [5.41, 5.74) is 1.65. The van der Waals surface area contributed by atoms with Crippen LogP contribution in [-0.2, 0) is 11.2 Å². The van der Waals surface area contributed by atoms with Gasteiger partial charge in [0.1, 0.15) is 6.04 Å². The average Bonchev–Trinajstić information content (AvgIpc) is 2.76. The first-order valence-electron chi connectivity index (χ1n) is 8.77. The topological polar surface area (TPSA) is 90.5 Å². The molecule has 5 amide bonds. The van der Waals surface area contributed by atoms with Crippen LogP contribution in [0.1, 0.15) is 31.7 Å². The van der Waals surface area contributed by atoms with Crippen LogP contribution in [0, 0.1) is 5.92 Å². The normalized spacial score (nSPS) is 23.6. The zero-order chi connectivity index (χ0) is 17.8. The maximum Gasteiger partial charge on any atom is 0.322 e. The number of amides is 5. The summed E-state index contributed by atoms with van der Waals surface area (Å²) in [6, 6.07) is 6.31. The first-order chi connectivity index (χ1) is 12.0. The molecule has 2 atom stereocenters. The Hall–Kier alpha value is -2.57. The number of nitrogens with zero attached hydrogens (tertiary/aromatic N) is 1. The molecule has 3 rings (SSSR count). The molecule has 7 heteroatoms. The highest BCUT2D eigenvalue weighted by Gasteiger charge is 2.29. The molecule has 134 valence electrons. The van der Waals surface area contributed by atoms with E-state index in [0.717, 1.165) is 30.8 Å². The second-order valence-electron chi connectivity index (χ2n) is 6.89. The lowest BCUT2D eigenvalue weighted by atomic mass is 10.1. The molecule has 0 spiro atoms. The van der Waals surface area contributed by atoms with E-state index in [-0.39, 0.29) is 11.9 Å². The molecular weight excluding hydrogens is 320 g/mol. The van der Waals surface area contributed by atoms with Gasteiger partial charge in [0.2, 0.25) is 0 Å². The van der Waals surface area contributed by atoms with Gasteiger partial charge in [-0.2, -0.15) is 0 Å². The Kier molecular flexibility index (Phi) is 5.21. The number of carbonyl (C=O) groups excluding carboxylic acids is 3. The quantitative estimate of drug-likeness (QED) is 0.733. The van der Waals surface area contributed by atoms with Crippen LogP contribution < -0.4 is 16.0 Å². The first-order valence-corrected chi connectivity index (χ1v) is 8.77. The van der Waals surface area contributed by atoms with Crippen molar-refractivity contribution < 1.29 is 14.4 Å². The SMILES string of the molecule is C[C@H]1CCCCN(C(=O)Nc2ccc(C[C@H]3NC(=O)NC3=O)cc2)C1. The van der Waals surface area contributed by atoms with E-state index in [2.05, 4.69) is 22.9 Å². The lowest BCUT2D eigenvalue weighted by molar-refractivity contribution is -0.120. The Bertz CT molecular complexity index is 659. The van der Waals surface area contributed by atoms with Gasteiger partial charge in [0.15, 0.2) is 0 Å². The van der Waals surface area contributed by atoms with Crippen LogP contribution in [0.4, 0.5) is 15.3 Å². The molecule has 0 aliphatic carbocycles. The van der Waals surface area contributed by atoms with Crippen molar-refractivity contribution in [1.82, 2.24) is 15.5 Å². The van der Waals surface area contributed by atoms with E-state index in [1.165, 1.54) is 12.8 Å². The Labute approximate surface area is 147 Å². The van der Waals surface area contributed by atoms with E-state index in [1.807, 2.05) is 29.2 Å². The highest BCUT2D eigenvalue weighted by molar-refractivity contribution is 6.04. The number of nitrogens with one attached hydrogen (secondary N) is 3. The third kappa shape index (κ3) is 4.49. The summed E-state index contributed by atoms with van der Waals surface area (Å²) < 4.78 is 0. The van der Waals surface area contributed by atoms with Crippen molar-refractivity contribution in [2.75, 3.05) is 18.4 Å². The Balaban J connectivity index is 1.56. The number of hydrogen-bond donors (Lipinski definition) is 3. The zero-order valence-corrected chi connectivity index (χ0v) is 14.4. The van der Waals surface area contributed by atoms with E-state index < -0.39 is 12.1 Å². The van der Waals surface area contributed by atoms with E-state index >= 15 is 0 Å². The second kappa shape index (κ2) is 7.55. The van der Waals surface area contributed by atoms with Crippen LogP contribution in [0.25, 0.3) is 0 Å². The molecule has 3 N–H and O–H groups in total. The van der Waals surface area contributed by atoms with Crippen LogP contribution in [0.15, 0.2) is 24.3 Å². The fourth-order valence-corrected chi connectivity index (χ4v) is 3.30. The molecule has 0 aromatic heterocycles. The van der Waals surface area contributed by atoms with Gasteiger partial charge in [0.25, 0.3) is 5.91 Å². The minimum Gasteiger partial charge on any atom is -0.326 e. The minimum atomic E-state index is -0.536. The highest BCUT2D eigenvalue weighted by atomic mass is 16.2. The molecule has 2 aliphatic heterocycles. The van der Waals surface area contributed by atoms with Gasteiger partial charge in [-0.1, -0.05) is 25.5 Å². The molecular formula is C18H24N4O3. The number of hydrogen-bond acceptors (Lipinski definition) is 3. The summed E-state index contributed by atoms with van der Waals surface area (Å²) in [4.78, 5) is 37.0. The smallest absolute Gasteiger partial charge is 0.322 e. The minimum absolute atomic E-state index is 0.0658. The monoisotopic (exact) mass is 344 g/mol. The molecule has 0 bridgehead atoms. The van der Waals surface area contributed by atoms with E-state index in [1.54, 1.807) is 0 Å². The van der Waals surface area contributed by atoms with Gasteiger partial charge in [-0.25, -0.2) is 9.59 Å². The van der Waals surface area contributed by atoms with Gasteiger partial charge in [0, 0.05) is 25.2 Å². The van der Waals surface area contributed by atoms with Crippen molar-refractivity contribution >= 4 is 23.7 Å². The molecule has 2 heterocycles. The number of anilines is 1. The Morgan fingerprint density at radius 1 is 1.24 bits per heavy atom. The molecule has 1 aromatic rings. The molecule has 2 fully saturated rings. The Morgan fingerprint density at radius 2 is 2.00 bits per heavy atom. The maximum atomic E-state index is 12.4. The van der Waals surface area contributed by atoms with Crippen molar-refractivity contribution in [2.45, 2.75) is 38.6 Å². The van der Waals surface area contributed by atoms with Crippen molar-refractivity contribution in [2.24, 2.45) is 5.92 Å². The number of benzene rings is 1. The summed E-state index contributed by atoms with van der Waals surface area (Å²) in [6.45, 7) is 3.77. The van der Waals surface area contributed by atoms with Gasteiger partial charge >= 0.3 is 12.1 Å². The summed E-state index contributed by atoms with van der Waals surface area (Å²) in [5.74, 6) is 0.223. The van der Waals surface area contributed by atoms with E-state index in [0.29, 0.717) is 12.3 Å². The van der Waals surface area contributed by atoms with E-state index in [4.69, 9.17) is 0 Å². The molecule has 2 aliphatic rings. The molecule has 0 saturated carbocycles. The summed E-state index contributed by atoms with van der Waals surface area (Å²) >= 11 is 0. The molecule has 7 nitrogen and oxygen atoms in total. The largest absolute Gasteiger partial charge is 0.326 e. The Morgan fingerprint density at radius 3 is 2.68 bits per heavy atom. The molecule has 1 aromatic carbocycles. The number of likely N-dealkylation sites (tertiary alicyclic amines) is 1. The molecule has 2 saturated heterocycles. The van der Waals surface area contributed by atoms with Crippen LogP contribution in [0.5, 0.6) is 0 Å². The third-order valence-electron chi connectivity index (χ3n) is 4.70. The number of carbonyl (C=O) groups is 3. The van der Waals surface area contributed by atoms with Gasteiger partial charge in [-0.3, -0.25) is 10.1 Å². The van der Waals surface area contributed by atoms with Crippen molar-refractivity contribution in [3.63, 3.8) is 0 Å². The van der Waals surface area contributed by atoms with Gasteiger partial charge < -0.3 is 15.5 Å². The van der Waals surface area contributed by atoms with Gasteiger partial charge in [0.05, 0.1) is 0 Å². The lowest BCUT2D eigenvalue weighted by Crippen LogP contribution is -2.37. The third-order valence-corrected chi connectivity index (χ3v) is 4.70. The standard InChI is InChI=1S/C18H24N4O3/c1-12-4-2-3-9-22(11-12)18(25)19-14-7-5-13(6-8-14)10-15-16(23)21-17(24)20-15/h5-8,12,15H,2-4,9-11H2,1H3,(H,19,25)(H2,20,21,23,24)/t12-,15+/m0/s1. The number of urea groups is 2. The summed E-state index contributed by atoms with van der Waals surface area (Å²) in [5, 5.41) is 7.73. The first kappa shape index (κ1) is 17.3. The fourth-order valence-electron chi connectivity index (χ4n) is 3.30. The fraction of sp³-hybridized carbons (Fsp3) is 0.500. The van der Waals surface area contributed by atoms with Crippen LogP contribution >= 0.6 is 0 Å². The van der Waals surface area contributed by atoms with E-state index in [9.17, 15) is 14.4 Å². The highest BCUT2D eigenvalue weighted by Crippen LogP contribution is 2.18. The van der Waals surface area contributed by atoms with Crippen LogP contribution in [-0.4, -0.2) is 42.0 Å². The van der Waals surface area contributed by atoms with Crippen molar-refractivity contribution in [3.8, 4) is 0 Å². The summed E-state index contributed by atoms with van der Waals surface area (Å²) in [6.07, 6.45) is 3.82. The number of rotatable bonds is 3. The molecule has 0 radical (unpaired) electrons. The molecule has 25 heavy (non-hydrogen) atoms. The summed E-state index contributed by atoms with van der Waals surface area (Å²) in [7, 11) is 0. The zero-order valence-electron chi connectivity index (χ0n) is 14.4. The van der Waals surface area contributed by atoms with Gasteiger partial charge in [-0.05, 0) is 36.5 Å². The van der Waals surface area contributed by atoms with Crippen molar-refractivity contribution in [3.05, 3.63) is 29.8 Å².